The molecule has 1 saturated heterocycles. The molecule has 1 aliphatic heterocycles. The van der Waals surface area contributed by atoms with Crippen molar-refractivity contribution in [2.24, 2.45) is 5.73 Å². The van der Waals surface area contributed by atoms with E-state index in [0.29, 0.717) is 18.7 Å². The molecule has 0 radical (unpaired) electrons. The Morgan fingerprint density at radius 1 is 1.45 bits per heavy atom. The number of carbonyl (C=O) groups excluding carboxylic acids is 1. The Kier molecular flexibility index (Phi) is 4.59. The molecule has 0 bridgehead atoms. The molecule has 0 aliphatic carbocycles. The summed E-state index contributed by atoms with van der Waals surface area (Å²) in [6.07, 6.45) is 0.730. The van der Waals surface area contributed by atoms with E-state index in [1.54, 1.807) is 0 Å². The number of nitrogens with one attached hydrogen (secondary N) is 1. The number of rotatable bonds is 4. The molecular weight excluding hydrogens is 284 g/mol. The zero-order valence-corrected chi connectivity index (χ0v) is 11.4. The van der Waals surface area contributed by atoms with Crippen molar-refractivity contribution < 1.29 is 19.4 Å². The first kappa shape index (κ1) is 14.8. The van der Waals surface area contributed by atoms with Crippen LogP contribution in [0, 0.1) is 0 Å². The van der Waals surface area contributed by atoms with Crippen molar-refractivity contribution >= 4 is 29.2 Å². The zero-order valence-electron chi connectivity index (χ0n) is 10.6. The molecule has 4 N–H and O–H groups in total. The van der Waals surface area contributed by atoms with Crippen molar-refractivity contribution in [3.05, 3.63) is 28.8 Å². The second-order valence-electron chi connectivity index (χ2n) is 4.55. The van der Waals surface area contributed by atoms with Crippen LogP contribution in [0.1, 0.15) is 23.2 Å². The Bertz CT molecular complexity index is 535. The van der Waals surface area contributed by atoms with E-state index >= 15 is 0 Å². The molecule has 20 heavy (non-hydrogen) atoms. The highest BCUT2D eigenvalue weighted by Gasteiger charge is 2.30. The van der Waals surface area contributed by atoms with Crippen LogP contribution in [0.25, 0.3) is 0 Å². The normalized spacial score (nSPS) is 21.7. The van der Waals surface area contributed by atoms with Crippen LogP contribution in [0.3, 0.4) is 0 Å². The number of hydrogen-bond donors (Lipinski definition) is 3. The molecule has 6 nitrogen and oxygen atoms in total. The topological polar surface area (TPSA) is 102 Å². The maximum atomic E-state index is 12.0. The lowest BCUT2D eigenvalue weighted by atomic mass is 10.1. The lowest BCUT2D eigenvalue weighted by Gasteiger charge is -2.13. The molecule has 7 heteroatoms. The van der Waals surface area contributed by atoms with Crippen LogP contribution in [0.2, 0.25) is 5.02 Å². The number of amides is 1. The molecule has 2 unspecified atom stereocenters. The van der Waals surface area contributed by atoms with Crippen molar-refractivity contribution in [3.63, 3.8) is 0 Å². The van der Waals surface area contributed by atoms with Crippen LogP contribution in [0.15, 0.2) is 18.2 Å². The van der Waals surface area contributed by atoms with Crippen molar-refractivity contribution in [2.75, 3.05) is 11.9 Å². The number of carbonyl (C=O) groups is 2. The maximum absolute atomic E-state index is 12.0. The van der Waals surface area contributed by atoms with Gasteiger partial charge in [0.2, 0.25) is 0 Å². The average molecular weight is 299 g/mol. The summed E-state index contributed by atoms with van der Waals surface area (Å²) in [6, 6.07) is 4.12. The Balaban J connectivity index is 2.03. The number of ether oxygens (including phenoxy) is 1. The van der Waals surface area contributed by atoms with Crippen molar-refractivity contribution in [1.82, 2.24) is 0 Å². The highest BCUT2D eigenvalue weighted by molar-refractivity contribution is 6.34. The number of halogens is 1. The third kappa shape index (κ3) is 3.27. The predicted molar refractivity (Wildman–Crippen MR) is 74.0 cm³/mol. The van der Waals surface area contributed by atoms with E-state index in [1.807, 2.05) is 0 Å². The van der Waals surface area contributed by atoms with Gasteiger partial charge in [-0.05, 0) is 31.0 Å². The molecule has 1 heterocycles. The minimum atomic E-state index is -1.07. The van der Waals surface area contributed by atoms with Crippen molar-refractivity contribution in [2.45, 2.75) is 25.0 Å². The van der Waals surface area contributed by atoms with Gasteiger partial charge in [-0.2, -0.15) is 0 Å². The van der Waals surface area contributed by atoms with E-state index in [4.69, 9.17) is 27.2 Å². The Labute approximate surface area is 120 Å². The Hall–Kier alpha value is -1.63. The molecule has 2 atom stereocenters. The van der Waals surface area contributed by atoms with Crippen LogP contribution < -0.4 is 11.1 Å². The monoisotopic (exact) mass is 298 g/mol. The van der Waals surface area contributed by atoms with E-state index in [9.17, 15) is 9.59 Å². The summed E-state index contributed by atoms with van der Waals surface area (Å²) in [5.41, 5.74) is 5.91. The number of hydrogen-bond acceptors (Lipinski definition) is 4. The summed E-state index contributed by atoms with van der Waals surface area (Å²) in [6.45, 7) is 0.387. The number of anilines is 1. The standard InChI is InChI=1S/C13H15ClN2O4/c14-9-5-7(13(18)19)1-3-10(9)16-12(17)11-4-2-8(6-15)20-11/h1,3,5,8,11H,2,4,6,15H2,(H,16,17)(H,18,19). The van der Waals surface area contributed by atoms with Gasteiger partial charge in [0, 0.05) is 6.54 Å². The minimum Gasteiger partial charge on any atom is -0.478 e. The van der Waals surface area contributed by atoms with E-state index in [2.05, 4.69) is 5.32 Å². The van der Waals surface area contributed by atoms with Gasteiger partial charge in [-0.15, -0.1) is 0 Å². The van der Waals surface area contributed by atoms with E-state index in [0.717, 1.165) is 6.42 Å². The van der Waals surface area contributed by atoms with Crippen LogP contribution in [-0.2, 0) is 9.53 Å². The first-order valence-corrected chi connectivity index (χ1v) is 6.58. The summed E-state index contributed by atoms with van der Waals surface area (Å²) in [5, 5.41) is 11.6. The second kappa shape index (κ2) is 6.21. The van der Waals surface area contributed by atoms with Gasteiger partial charge in [0.25, 0.3) is 5.91 Å². The number of nitrogens with two attached hydrogens (primary N) is 1. The summed E-state index contributed by atoms with van der Waals surface area (Å²) < 4.78 is 5.47. The number of carboxylic acids is 1. The fourth-order valence-corrected chi connectivity index (χ4v) is 2.26. The fourth-order valence-electron chi connectivity index (χ4n) is 2.03. The average Bonchev–Trinajstić information content (AvgIpc) is 2.89. The summed E-state index contributed by atoms with van der Waals surface area (Å²) in [7, 11) is 0. The number of aromatic carboxylic acids is 1. The second-order valence-corrected chi connectivity index (χ2v) is 4.96. The molecule has 108 valence electrons. The van der Waals surface area contributed by atoms with E-state index in [1.165, 1.54) is 18.2 Å². The predicted octanol–water partition coefficient (Wildman–Crippen LogP) is 1.48. The molecule has 1 aliphatic rings. The molecule has 1 amide bonds. The van der Waals surface area contributed by atoms with Gasteiger partial charge in [-0.1, -0.05) is 11.6 Å². The van der Waals surface area contributed by atoms with Gasteiger partial charge in [0.1, 0.15) is 6.10 Å². The highest BCUT2D eigenvalue weighted by Crippen LogP contribution is 2.25. The molecule has 1 fully saturated rings. The fraction of sp³-hybridized carbons (Fsp3) is 0.385. The maximum Gasteiger partial charge on any atom is 0.335 e. The molecule has 0 saturated carbocycles. The van der Waals surface area contributed by atoms with Crippen molar-refractivity contribution in [1.29, 1.82) is 0 Å². The largest absolute Gasteiger partial charge is 0.478 e. The van der Waals surface area contributed by atoms with Gasteiger partial charge in [0.05, 0.1) is 22.4 Å². The quantitative estimate of drug-likeness (QED) is 0.781. The summed E-state index contributed by atoms with van der Waals surface area (Å²) in [5.74, 6) is -1.37. The molecule has 0 spiro atoms. The van der Waals surface area contributed by atoms with Gasteiger partial charge < -0.3 is 20.9 Å². The Morgan fingerprint density at radius 3 is 2.75 bits per heavy atom. The van der Waals surface area contributed by atoms with Gasteiger partial charge >= 0.3 is 5.97 Å². The van der Waals surface area contributed by atoms with Gasteiger partial charge in [0.15, 0.2) is 0 Å². The third-order valence-electron chi connectivity index (χ3n) is 3.14. The smallest absolute Gasteiger partial charge is 0.335 e. The van der Waals surface area contributed by atoms with E-state index < -0.39 is 12.1 Å². The number of benzene rings is 1. The number of carboxylic acid groups (broad SMARTS) is 1. The Morgan fingerprint density at radius 2 is 2.20 bits per heavy atom. The zero-order chi connectivity index (χ0) is 14.7. The van der Waals surface area contributed by atoms with Crippen LogP contribution >= 0.6 is 11.6 Å². The minimum absolute atomic E-state index is 0.0633. The molecule has 1 aromatic carbocycles. The molecule has 1 aromatic rings. The molecule has 2 rings (SSSR count). The van der Waals surface area contributed by atoms with Crippen LogP contribution in [-0.4, -0.2) is 35.7 Å². The van der Waals surface area contributed by atoms with Crippen molar-refractivity contribution in [3.8, 4) is 0 Å². The highest BCUT2D eigenvalue weighted by atomic mass is 35.5. The third-order valence-corrected chi connectivity index (χ3v) is 3.45. The molecular formula is C13H15ClN2O4. The van der Waals surface area contributed by atoms with Crippen LogP contribution in [0.5, 0.6) is 0 Å². The molecule has 0 aromatic heterocycles. The van der Waals surface area contributed by atoms with Gasteiger partial charge in [-0.25, -0.2) is 4.79 Å². The SMILES string of the molecule is NCC1CCC(C(=O)Nc2ccc(C(=O)O)cc2Cl)O1. The first-order valence-electron chi connectivity index (χ1n) is 6.20. The summed E-state index contributed by atoms with van der Waals surface area (Å²) in [4.78, 5) is 22.8. The lowest BCUT2D eigenvalue weighted by molar-refractivity contribution is -0.126. The van der Waals surface area contributed by atoms with Crippen LogP contribution in [0.4, 0.5) is 5.69 Å². The lowest BCUT2D eigenvalue weighted by Crippen LogP contribution is -2.29. The first-order chi connectivity index (χ1) is 9.51. The summed E-state index contributed by atoms with van der Waals surface area (Å²) >= 11 is 5.94. The van der Waals surface area contributed by atoms with E-state index in [-0.39, 0.29) is 22.6 Å². The van der Waals surface area contributed by atoms with Gasteiger partial charge in [-0.3, -0.25) is 4.79 Å².